The van der Waals surface area contributed by atoms with Crippen LogP contribution >= 0.6 is 0 Å². The van der Waals surface area contributed by atoms with Crippen molar-refractivity contribution in [3.05, 3.63) is 64.7 Å². The molecule has 1 fully saturated rings. The van der Waals surface area contributed by atoms with Crippen LogP contribution in [0.5, 0.6) is 0 Å². The minimum atomic E-state index is -4.70. The first-order valence-corrected chi connectivity index (χ1v) is 9.61. The maximum absolute atomic E-state index is 13.4. The molecule has 1 unspecified atom stereocenters. The number of carbonyl (C=O) groups excluding carboxylic acids is 2. The Labute approximate surface area is 177 Å². The average molecular weight is 430 g/mol. The lowest BCUT2D eigenvalue weighted by molar-refractivity contribution is -0.137. The predicted molar refractivity (Wildman–Crippen MR) is 108 cm³/mol. The first kappa shape index (κ1) is 22.2. The third-order valence-electron chi connectivity index (χ3n) is 5.24. The molecule has 1 N–H and O–H groups in total. The van der Waals surface area contributed by atoms with Crippen molar-refractivity contribution in [3.8, 4) is 6.07 Å². The zero-order chi connectivity index (χ0) is 22.8. The second-order valence-corrected chi connectivity index (χ2v) is 7.28. The molecule has 1 aliphatic heterocycles. The van der Waals surface area contributed by atoms with Gasteiger partial charge in [-0.2, -0.15) is 18.4 Å². The molecular weight excluding hydrogens is 409 g/mol. The second kappa shape index (κ2) is 8.68. The quantitative estimate of drug-likeness (QED) is 0.813. The summed E-state index contributed by atoms with van der Waals surface area (Å²) in [7, 11) is 1.43. The summed E-state index contributed by atoms with van der Waals surface area (Å²) in [4.78, 5) is 28.5. The van der Waals surface area contributed by atoms with Crippen molar-refractivity contribution < 1.29 is 22.8 Å². The molecule has 0 aromatic heterocycles. The summed E-state index contributed by atoms with van der Waals surface area (Å²) < 4.78 is 40.2. The third-order valence-corrected chi connectivity index (χ3v) is 5.24. The second-order valence-electron chi connectivity index (χ2n) is 7.28. The van der Waals surface area contributed by atoms with Crippen LogP contribution in [0.2, 0.25) is 0 Å². The fraction of sp³-hybridized carbons (Fsp3) is 0.318. The lowest BCUT2D eigenvalue weighted by atomic mass is 10.0. The van der Waals surface area contributed by atoms with Gasteiger partial charge in [-0.3, -0.25) is 9.59 Å². The maximum Gasteiger partial charge on any atom is 0.417 e. The SMILES string of the molecule is CNC(=O)C1CN(C(=O)c2cccc(C)c2)CCN1c1ccc(C#N)c(C(F)(F)F)c1. The van der Waals surface area contributed by atoms with Crippen LogP contribution in [0.15, 0.2) is 42.5 Å². The molecule has 1 atom stereocenters. The van der Waals surface area contributed by atoms with Crippen LogP contribution in [0.25, 0.3) is 0 Å². The molecule has 6 nitrogen and oxygen atoms in total. The van der Waals surface area contributed by atoms with Crippen molar-refractivity contribution in [1.29, 1.82) is 5.26 Å². The number of aryl methyl sites for hydroxylation is 1. The number of piperazine rings is 1. The Morgan fingerprint density at radius 1 is 1.16 bits per heavy atom. The van der Waals surface area contributed by atoms with Gasteiger partial charge in [-0.25, -0.2) is 0 Å². The van der Waals surface area contributed by atoms with E-state index in [1.165, 1.54) is 22.9 Å². The van der Waals surface area contributed by atoms with E-state index >= 15 is 0 Å². The number of likely N-dealkylation sites (N-methyl/N-ethyl adjacent to an activating group) is 1. The summed E-state index contributed by atoms with van der Waals surface area (Å²) in [5.74, 6) is -0.660. The standard InChI is InChI=1S/C22H21F3N4O2/c1-14-4-3-5-15(10-14)21(31)28-8-9-29(19(13-28)20(30)27-2)17-7-6-16(12-26)18(11-17)22(23,24)25/h3-7,10-11,19H,8-9,13H2,1-2H3,(H,27,30). The van der Waals surface area contributed by atoms with Gasteiger partial charge in [0.1, 0.15) is 6.04 Å². The lowest BCUT2D eigenvalue weighted by Crippen LogP contribution is -2.60. The molecule has 0 saturated carbocycles. The zero-order valence-corrected chi connectivity index (χ0v) is 17.0. The number of nitrogens with one attached hydrogen (secondary N) is 1. The van der Waals surface area contributed by atoms with Crippen LogP contribution in [0.3, 0.4) is 0 Å². The normalized spacial score (nSPS) is 16.6. The number of benzene rings is 2. The highest BCUT2D eigenvalue weighted by atomic mass is 19.4. The molecule has 3 rings (SSSR count). The molecule has 2 aromatic rings. The molecule has 0 bridgehead atoms. The Balaban J connectivity index is 1.92. The highest BCUT2D eigenvalue weighted by molar-refractivity contribution is 5.95. The van der Waals surface area contributed by atoms with Gasteiger partial charge >= 0.3 is 6.18 Å². The van der Waals surface area contributed by atoms with Crippen molar-refractivity contribution in [1.82, 2.24) is 10.2 Å². The van der Waals surface area contributed by atoms with E-state index < -0.39 is 29.3 Å². The minimum Gasteiger partial charge on any atom is -0.357 e. The number of rotatable bonds is 3. The fourth-order valence-corrected chi connectivity index (χ4v) is 3.67. The molecule has 1 saturated heterocycles. The number of hydrogen-bond acceptors (Lipinski definition) is 4. The van der Waals surface area contributed by atoms with Crippen LogP contribution in [0, 0.1) is 18.3 Å². The molecule has 2 amide bonds. The Bertz CT molecular complexity index is 1050. The number of carbonyl (C=O) groups is 2. The molecule has 0 radical (unpaired) electrons. The van der Waals surface area contributed by atoms with E-state index in [-0.39, 0.29) is 31.2 Å². The van der Waals surface area contributed by atoms with E-state index in [1.807, 2.05) is 13.0 Å². The number of anilines is 1. The molecule has 2 aromatic carbocycles. The first-order valence-electron chi connectivity index (χ1n) is 9.61. The monoisotopic (exact) mass is 430 g/mol. The summed E-state index contributed by atoms with van der Waals surface area (Å²) in [6.07, 6.45) is -4.70. The van der Waals surface area contributed by atoms with E-state index in [1.54, 1.807) is 24.3 Å². The van der Waals surface area contributed by atoms with Gasteiger partial charge in [0.15, 0.2) is 0 Å². The highest BCUT2D eigenvalue weighted by Crippen LogP contribution is 2.35. The van der Waals surface area contributed by atoms with Crippen LogP contribution in [0.1, 0.15) is 27.0 Å². The molecular formula is C22H21F3N4O2. The molecule has 0 aliphatic carbocycles. The number of halogens is 3. The third kappa shape index (κ3) is 4.63. The Kier molecular flexibility index (Phi) is 6.20. The average Bonchev–Trinajstić information content (AvgIpc) is 2.76. The van der Waals surface area contributed by atoms with Crippen molar-refractivity contribution in [2.24, 2.45) is 0 Å². The Morgan fingerprint density at radius 3 is 2.52 bits per heavy atom. The molecule has 162 valence electrons. The van der Waals surface area contributed by atoms with Crippen molar-refractivity contribution in [2.45, 2.75) is 19.1 Å². The van der Waals surface area contributed by atoms with Crippen LogP contribution in [-0.4, -0.2) is 49.4 Å². The van der Waals surface area contributed by atoms with Gasteiger partial charge in [0.25, 0.3) is 5.91 Å². The molecule has 9 heteroatoms. The molecule has 1 heterocycles. The molecule has 0 spiro atoms. The fourth-order valence-electron chi connectivity index (χ4n) is 3.67. The largest absolute Gasteiger partial charge is 0.417 e. The van der Waals surface area contributed by atoms with Crippen molar-refractivity contribution in [2.75, 3.05) is 31.6 Å². The number of nitriles is 1. The Hall–Kier alpha value is -3.54. The summed E-state index contributed by atoms with van der Waals surface area (Å²) in [6, 6.07) is 11.1. The van der Waals surface area contributed by atoms with Gasteiger partial charge in [0, 0.05) is 31.4 Å². The zero-order valence-electron chi connectivity index (χ0n) is 17.0. The van der Waals surface area contributed by atoms with Crippen LogP contribution < -0.4 is 10.2 Å². The van der Waals surface area contributed by atoms with E-state index in [2.05, 4.69) is 5.32 Å². The first-order chi connectivity index (χ1) is 14.7. The van der Waals surface area contributed by atoms with Gasteiger partial charge in [-0.1, -0.05) is 17.7 Å². The number of amides is 2. The smallest absolute Gasteiger partial charge is 0.357 e. The van der Waals surface area contributed by atoms with Crippen LogP contribution in [0.4, 0.5) is 18.9 Å². The van der Waals surface area contributed by atoms with E-state index in [9.17, 15) is 22.8 Å². The summed E-state index contributed by atoms with van der Waals surface area (Å²) in [5.41, 5.74) is 0.0384. The molecule has 31 heavy (non-hydrogen) atoms. The lowest BCUT2D eigenvalue weighted by Gasteiger charge is -2.42. The van der Waals surface area contributed by atoms with Gasteiger partial charge in [0.05, 0.1) is 23.7 Å². The number of nitrogens with zero attached hydrogens (tertiary/aromatic N) is 3. The maximum atomic E-state index is 13.4. The van der Waals surface area contributed by atoms with Gasteiger partial charge in [0.2, 0.25) is 5.91 Å². The summed E-state index contributed by atoms with van der Waals surface area (Å²) in [6.45, 7) is 2.29. The highest BCUT2D eigenvalue weighted by Gasteiger charge is 2.37. The molecule has 1 aliphatic rings. The van der Waals surface area contributed by atoms with E-state index in [4.69, 9.17) is 5.26 Å². The summed E-state index contributed by atoms with van der Waals surface area (Å²) >= 11 is 0. The topological polar surface area (TPSA) is 76.4 Å². The predicted octanol–water partition coefficient (Wildman–Crippen LogP) is 2.96. The van der Waals surface area contributed by atoms with Gasteiger partial charge in [-0.15, -0.1) is 0 Å². The number of alkyl halides is 3. The summed E-state index contributed by atoms with van der Waals surface area (Å²) in [5, 5.41) is 11.5. The van der Waals surface area contributed by atoms with Crippen LogP contribution in [-0.2, 0) is 11.0 Å². The van der Waals surface area contributed by atoms with Gasteiger partial charge < -0.3 is 15.1 Å². The van der Waals surface area contributed by atoms with Crippen molar-refractivity contribution >= 4 is 17.5 Å². The van der Waals surface area contributed by atoms with Gasteiger partial charge in [-0.05, 0) is 37.3 Å². The Morgan fingerprint density at radius 2 is 1.90 bits per heavy atom. The van der Waals surface area contributed by atoms with Crippen molar-refractivity contribution in [3.63, 3.8) is 0 Å². The number of hydrogen-bond donors (Lipinski definition) is 1. The minimum absolute atomic E-state index is 0.0216. The van der Waals surface area contributed by atoms with E-state index in [0.717, 1.165) is 17.7 Å². The van der Waals surface area contributed by atoms with E-state index in [0.29, 0.717) is 5.56 Å².